The van der Waals surface area contributed by atoms with E-state index in [9.17, 15) is 4.79 Å². The van der Waals surface area contributed by atoms with Crippen LogP contribution >= 0.6 is 0 Å². The number of pyridine rings is 1. The van der Waals surface area contributed by atoms with Crippen molar-refractivity contribution in [2.75, 3.05) is 12.4 Å². The van der Waals surface area contributed by atoms with Crippen molar-refractivity contribution in [3.63, 3.8) is 0 Å². The van der Waals surface area contributed by atoms with Crippen LogP contribution in [-0.4, -0.2) is 27.9 Å². The predicted octanol–water partition coefficient (Wildman–Crippen LogP) is 3.74. The summed E-state index contributed by atoms with van der Waals surface area (Å²) in [6.07, 6.45) is 4.86. The highest BCUT2D eigenvalue weighted by Crippen LogP contribution is 2.38. The summed E-state index contributed by atoms with van der Waals surface area (Å²) >= 11 is 0. The third kappa shape index (κ3) is 5.20. The van der Waals surface area contributed by atoms with Crippen LogP contribution in [0.1, 0.15) is 53.1 Å². The van der Waals surface area contributed by atoms with Crippen LogP contribution in [0.2, 0.25) is 0 Å². The van der Waals surface area contributed by atoms with Gasteiger partial charge in [0.15, 0.2) is 0 Å². The summed E-state index contributed by atoms with van der Waals surface area (Å²) in [5.74, 6) is 2.14. The number of benzene rings is 1. The molecular weight excluding hydrogens is 374 g/mol. The highest BCUT2D eigenvalue weighted by Gasteiger charge is 2.28. The minimum absolute atomic E-state index is 0.0504. The Kier molecular flexibility index (Phi) is 6.02. The van der Waals surface area contributed by atoms with Crippen molar-refractivity contribution in [1.82, 2.24) is 20.3 Å². The molecule has 0 spiro atoms. The molecule has 1 aliphatic rings. The number of nitrogens with one attached hydrogen (secondary N) is 2. The maximum absolute atomic E-state index is 12.8. The molecule has 0 saturated heterocycles. The van der Waals surface area contributed by atoms with E-state index in [0.29, 0.717) is 12.3 Å². The summed E-state index contributed by atoms with van der Waals surface area (Å²) in [6.45, 7) is 2.06. The first-order chi connectivity index (χ1) is 14.6. The first-order valence-corrected chi connectivity index (χ1v) is 10.4. The Labute approximate surface area is 177 Å². The molecule has 3 aromatic rings. The van der Waals surface area contributed by atoms with Crippen molar-refractivity contribution in [3.05, 3.63) is 83.1 Å². The van der Waals surface area contributed by atoms with Gasteiger partial charge in [-0.15, -0.1) is 0 Å². The number of anilines is 1. The largest absolute Gasteiger partial charge is 0.373 e. The van der Waals surface area contributed by atoms with Crippen molar-refractivity contribution in [2.24, 2.45) is 0 Å². The van der Waals surface area contributed by atoms with Gasteiger partial charge in [0.05, 0.1) is 12.5 Å². The molecule has 1 aliphatic carbocycles. The first kappa shape index (κ1) is 20.0. The fourth-order valence-electron chi connectivity index (χ4n) is 3.54. The zero-order valence-corrected chi connectivity index (χ0v) is 17.4. The zero-order chi connectivity index (χ0) is 20.9. The van der Waals surface area contributed by atoms with Crippen LogP contribution in [-0.2, 0) is 17.6 Å². The van der Waals surface area contributed by atoms with Gasteiger partial charge in [-0.05, 0) is 37.5 Å². The van der Waals surface area contributed by atoms with Gasteiger partial charge < -0.3 is 10.6 Å². The zero-order valence-electron chi connectivity index (χ0n) is 17.4. The number of hydrogen-bond acceptors (Lipinski definition) is 5. The SMILES string of the molecule is CNc1cc(C[C@@H](NC(=O)Cc2ccccn2)c2cccc(C)c2)nc(C2CC2)n1. The van der Waals surface area contributed by atoms with Gasteiger partial charge in [0.25, 0.3) is 0 Å². The number of aryl methyl sites for hydroxylation is 1. The number of aromatic nitrogens is 3. The summed E-state index contributed by atoms with van der Waals surface area (Å²) < 4.78 is 0. The fraction of sp³-hybridized carbons (Fsp3) is 0.333. The standard InChI is InChI=1S/C24H27N5O/c1-16-6-5-7-18(12-16)21(28-23(30)15-19-8-3-4-11-26-19)13-20-14-22(25-2)29-24(27-20)17-9-10-17/h3-8,11-12,14,17,21H,9-10,13,15H2,1-2H3,(H,28,30)(H,25,27,29)/t21-/m1/s1. The Morgan fingerprint density at radius 3 is 2.67 bits per heavy atom. The molecule has 1 amide bonds. The van der Waals surface area contributed by atoms with Crippen molar-refractivity contribution < 1.29 is 4.79 Å². The molecule has 30 heavy (non-hydrogen) atoms. The van der Waals surface area contributed by atoms with Crippen molar-refractivity contribution in [3.8, 4) is 0 Å². The minimum atomic E-state index is -0.173. The van der Waals surface area contributed by atoms with Crippen LogP contribution in [0, 0.1) is 6.92 Å². The van der Waals surface area contributed by atoms with Crippen molar-refractivity contribution >= 4 is 11.7 Å². The average molecular weight is 402 g/mol. The maximum atomic E-state index is 12.8. The molecule has 2 heterocycles. The monoisotopic (exact) mass is 401 g/mol. The topological polar surface area (TPSA) is 79.8 Å². The quantitative estimate of drug-likeness (QED) is 0.601. The maximum Gasteiger partial charge on any atom is 0.226 e. The Bertz CT molecular complexity index is 1020. The van der Waals surface area contributed by atoms with E-state index in [1.54, 1.807) is 6.20 Å². The Morgan fingerprint density at radius 2 is 1.97 bits per heavy atom. The third-order valence-corrected chi connectivity index (χ3v) is 5.26. The lowest BCUT2D eigenvalue weighted by Gasteiger charge is -2.20. The lowest BCUT2D eigenvalue weighted by molar-refractivity contribution is -0.121. The number of rotatable bonds is 8. The van der Waals surface area contributed by atoms with Gasteiger partial charge >= 0.3 is 0 Å². The predicted molar refractivity (Wildman–Crippen MR) is 117 cm³/mol. The van der Waals surface area contributed by atoms with Gasteiger partial charge in [-0.25, -0.2) is 9.97 Å². The van der Waals surface area contributed by atoms with Crippen LogP contribution in [0.4, 0.5) is 5.82 Å². The smallest absolute Gasteiger partial charge is 0.226 e. The normalized spacial score (nSPS) is 14.2. The lowest BCUT2D eigenvalue weighted by Crippen LogP contribution is -2.31. The Hall–Kier alpha value is -3.28. The lowest BCUT2D eigenvalue weighted by atomic mass is 9.99. The summed E-state index contributed by atoms with van der Waals surface area (Å²) in [5.41, 5.74) is 3.92. The fourth-order valence-corrected chi connectivity index (χ4v) is 3.54. The van der Waals surface area contributed by atoms with Crippen LogP contribution in [0.5, 0.6) is 0 Å². The third-order valence-electron chi connectivity index (χ3n) is 5.26. The highest BCUT2D eigenvalue weighted by molar-refractivity contribution is 5.78. The summed E-state index contributed by atoms with van der Waals surface area (Å²) in [5, 5.41) is 6.34. The van der Waals surface area contributed by atoms with E-state index in [-0.39, 0.29) is 18.4 Å². The van der Waals surface area contributed by atoms with E-state index in [1.807, 2.05) is 37.4 Å². The molecule has 0 bridgehead atoms. The van der Waals surface area contributed by atoms with Gasteiger partial charge in [0, 0.05) is 43.0 Å². The minimum Gasteiger partial charge on any atom is -0.373 e. The second-order valence-electron chi connectivity index (χ2n) is 7.86. The van der Waals surface area contributed by atoms with Crippen LogP contribution in [0.25, 0.3) is 0 Å². The Balaban J connectivity index is 1.57. The molecule has 6 nitrogen and oxygen atoms in total. The molecular formula is C24H27N5O. The van der Waals surface area contributed by atoms with E-state index < -0.39 is 0 Å². The molecule has 1 atom stereocenters. The number of nitrogens with zero attached hydrogens (tertiary/aromatic N) is 3. The van der Waals surface area contributed by atoms with E-state index in [2.05, 4.69) is 45.7 Å². The molecule has 1 saturated carbocycles. The molecule has 0 aliphatic heterocycles. The average Bonchev–Trinajstić information content (AvgIpc) is 3.59. The number of carbonyl (C=O) groups excluding carboxylic acids is 1. The highest BCUT2D eigenvalue weighted by atomic mass is 16.1. The first-order valence-electron chi connectivity index (χ1n) is 10.4. The second-order valence-corrected chi connectivity index (χ2v) is 7.86. The Morgan fingerprint density at radius 1 is 1.10 bits per heavy atom. The van der Waals surface area contributed by atoms with Gasteiger partial charge in [0.2, 0.25) is 5.91 Å². The van der Waals surface area contributed by atoms with Crippen molar-refractivity contribution in [1.29, 1.82) is 0 Å². The van der Waals surface area contributed by atoms with Crippen LogP contribution in [0.3, 0.4) is 0 Å². The van der Waals surface area contributed by atoms with Crippen LogP contribution in [0.15, 0.2) is 54.7 Å². The van der Waals surface area contributed by atoms with Crippen molar-refractivity contribution in [2.45, 2.75) is 44.6 Å². The van der Waals surface area contributed by atoms with E-state index >= 15 is 0 Å². The van der Waals surface area contributed by atoms with E-state index in [0.717, 1.165) is 47.0 Å². The molecule has 1 fully saturated rings. The summed E-state index contributed by atoms with van der Waals surface area (Å²) in [4.78, 5) is 26.5. The molecule has 2 N–H and O–H groups in total. The van der Waals surface area contributed by atoms with E-state index in [4.69, 9.17) is 4.98 Å². The number of hydrogen-bond donors (Lipinski definition) is 2. The molecule has 6 heteroatoms. The molecule has 154 valence electrons. The van der Waals surface area contributed by atoms with E-state index in [1.165, 1.54) is 0 Å². The molecule has 2 aromatic heterocycles. The summed E-state index contributed by atoms with van der Waals surface area (Å²) in [7, 11) is 1.87. The molecule has 0 unspecified atom stereocenters. The molecule has 0 radical (unpaired) electrons. The van der Waals surface area contributed by atoms with Gasteiger partial charge in [0.1, 0.15) is 11.6 Å². The molecule has 4 rings (SSSR count). The number of carbonyl (C=O) groups is 1. The summed E-state index contributed by atoms with van der Waals surface area (Å²) in [6, 6.07) is 15.7. The van der Waals surface area contributed by atoms with Gasteiger partial charge in [-0.2, -0.15) is 0 Å². The second kappa shape index (κ2) is 9.03. The van der Waals surface area contributed by atoms with Gasteiger partial charge in [-0.1, -0.05) is 35.9 Å². The van der Waals surface area contributed by atoms with Gasteiger partial charge in [-0.3, -0.25) is 9.78 Å². The molecule has 1 aromatic carbocycles. The van der Waals surface area contributed by atoms with Crippen LogP contribution < -0.4 is 10.6 Å². The number of amides is 1.